The summed E-state index contributed by atoms with van der Waals surface area (Å²) >= 11 is 6.55. The van der Waals surface area contributed by atoms with Crippen LogP contribution in [0.1, 0.15) is 106 Å². The fourth-order valence-corrected chi connectivity index (χ4v) is 11.0. The van der Waals surface area contributed by atoms with Gasteiger partial charge < -0.3 is 69.1 Å². The number of halogens is 1. The van der Waals surface area contributed by atoms with Crippen LogP contribution < -0.4 is 40.0 Å². The molecule has 0 spiro atoms. The summed E-state index contributed by atoms with van der Waals surface area (Å²) in [7, 11) is 3.46. The van der Waals surface area contributed by atoms with Crippen molar-refractivity contribution < 1.29 is 67.1 Å². The van der Waals surface area contributed by atoms with Gasteiger partial charge in [0, 0.05) is 87.2 Å². The summed E-state index contributed by atoms with van der Waals surface area (Å²) in [6.07, 6.45) is 1.42. The molecule has 1 unspecified atom stereocenters. The van der Waals surface area contributed by atoms with Crippen LogP contribution in [0.2, 0.25) is 0 Å². The van der Waals surface area contributed by atoms with Crippen molar-refractivity contribution in [3.05, 3.63) is 96.1 Å². The van der Waals surface area contributed by atoms with E-state index in [1.165, 1.54) is 25.3 Å². The number of ether oxygens (including phenoxy) is 6. The Bertz CT molecular complexity index is 3040. The lowest BCUT2D eigenvalue weighted by Gasteiger charge is -2.31. The number of benzene rings is 4. The molecule has 22 nitrogen and oxygen atoms in total. The molecule has 0 aliphatic carbocycles. The first-order valence-electron chi connectivity index (χ1n) is 28.7. The number of alkyl halides is 1. The number of rotatable bonds is 22. The van der Waals surface area contributed by atoms with E-state index in [1.807, 2.05) is 31.3 Å². The zero-order valence-corrected chi connectivity index (χ0v) is 49.2. The second-order valence-electron chi connectivity index (χ2n) is 22.3. The number of fused-ring (bicyclic) bond motifs is 5. The average Bonchev–Trinajstić information content (AvgIpc) is 3.38. The van der Waals surface area contributed by atoms with Crippen molar-refractivity contribution in [2.75, 3.05) is 94.2 Å². The number of hydrogen-bond acceptors (Lipinski definition) is 15. The Balaban J connectivity index is 0.877. The molecule has 4 aromatic carbocycles. The molecule has 4 heterocycles. The number of methoxy groups -OCH3 is 1. The fraction of sp³-hybridized carbons (Fsp3) is 0.492. The molecule has 4 aliphatic heterocycles. The van der Waals surface area contributed by atoms with Crippen molar-refractivity contribution in [3.8, 4) is 17.2 Å². The van der Waals surface area contributed by atoms with E-state index in [2.05, 4.69) is 27.4 Å². The molecule has 84 heavy (non-hydrogen) atoms. The van der Waals surface area contributed by atoms with Crippen molar-refractivity contribution in [1.29, 1.82) is 0 Å². The molecule has 0 aromatic heterocycles. The highest BCUT2D eigenvalue weighted by atomic mass is 35.5. The van der Waals surface area contributed by atoms with Gasteiger partial charge in [0.15, 0.2) is 17.7 Å². The standard InChI is InChI=1S/C61H77ClN8O14/c1-7-31-81-58(76)65-45(18-12-13-25-63-57(75)84-61(2,3)4)54(72)64-41-23-21-39(22-24-41)38-82-60(78)70-47-34-51(50(79-6)33-44(47)55(73)68-26-15-19-46(68)56(70)74)80-32-14-8-9-20-52(71)69-37-40(36-62)53-43-17-11-10-16-42(43)49(35-48(53)69)83-59(77)67-29-27-66(5)28-30-67/h7,10-11,16-17,21-24,33-35,40,45-46,56,74H,1,8-9,12-15,18-20,25-32,36-38H2,2-6H3,(H,63,75)(H,64,72)(H,65,76)/t40-,45+,46+,56?/m1/s1. The van der Waals surface area contributed by atoms with E-state index in [0.717, 1.165) is 34.3 Å². The van der Waals surface area contributed by atoms with E-state index in [0.29, 0.717) is 106 Å². The topological polar surface area (TPSA) is 247 Å². The monoisotopic (exact) mass is 1180 g/mol. The molecule has 4 aromatic rings. The minimum atomic E-state index is -1.47. The molecule has 0 radical (unpaired) electrons. The number of piperazine rings is 1. The lowest BCUT2D eigenvalue weighted by atomic mass is 9.95. The van der Waals surface area contributed by atoms with Crippen LogP contribution in [0, 0.1) is 0 Å². The maximum absolute atomic E-state index is 14.2. The Kier molecular flexibility index (Phi) is 21.2. The Labute approximate surface area is 494 Å². The first-order valence-corrected chi connectivity index (χ1v) is 29.2. The van der Waals surface area contributed by atoms with Crippen LogP contribution >= 0.6 is 11.6 Å². The van der Waals surface area contributed by atoms with Crippen molar-refractivity contribution in [3.63, 3.8) is 0 Å². The Morgan fingerprint density at radius 3 is 2.30 bits per heavy atom. The minimum Gasteiger partial charge on any atom is -0.493 e. The number of carbonyl (C=O) groups excluding carboxylic acids is 7. The number of aliphatic hydroxyl groups is 1. The largest absolute Gasteiger partial charge is 0.493 e. The third-order valence-electron chi connectivity index (χ3n) is 15.1. The van der Waals surface area contributed by atoms with E-state index in [-0.39, 0.29) is 73.1 Å². The number of anilines is 3. The first-order chi connectivity index (χ1) is 40.4. The van der Waals surface area contributed by atoms with Gasteiger partial charge in [-0.1, -0.05) is 49.1 Å². The molecule has 0 saturated carbocycles. The molecule has 2 saturated heterocycles. The predicted molar refractivity (Wildman–Crippen MR) is 316 cm³/mol. The second kappa shape index (κ2) is 28.6. The number of alkyl carbamates (subject to hydrolysis) is 2. The van der Waals surface area contributed by atoms with Gasteiger partial charge in [-0.2, -0.15) is 0 Å². The summed E-state index contributed by atoms with van der Waals surface area (Å²) in [5.41, 5.74) is 2.11. The Hall–Kier alpha value is -7.82. The van der Waals surface area contributed by atoms with E-state index in [1.54, 1.807) is 65.8 Å². The zero-order valence-electron chi connectivity index (χ0n) is 48.5. The van der Waals surface area contributed by atoms with E-state index >= 15 is 0 Å². The lowest BCUT2D eigenvalue weighted by Crippen LogP contribution is -2.50. The predicted octanol–water partition coefficient (Wildman–Crippen LogP) is 8.90. The molecular weight excluding hydrogens is 1100 g/mol. The number of nitrogens with zero attached hydrogens (tertiary/aromatic N) is 5. The van der Waals surface area contributed by atoms with Gasteiger partial charge in [0.05, 0.1) is 36.7 Å². The van der Waals surface area contributed by atoms with Crippen LogP contribution in [-0.2, 0) is 30.4 Å². The number of likely N-dealkylation sites (N-methyl/N-ethyl adjacent to an activating group) is 1. The summed E-state index contributed by atoms with van der Waals surface area (Å²) in [5.74, 6) is 0.0657. The van der Waals surface area contributed by atoms with Crippen LogP contribution in [-0.4, -0.2) is 165 Å². The zero-order chi connectivity index (χ0) is 60.1. The molecule has 23 heteroatoms. The number of nitrogens with one attached hydrogen (secondary N) is 3. The first kappa shape index (κ1) is 62.2. The van der Waals surface area contributed by atoms with Gasteiger partial charge in [0.25, 0.3) is 5.91 Å². The van der Waals surface area contributed by atoms with Gasteiger partial charge >= 0.3 is 24.4 Å². The minimum absolute atomic E-state index is 0.0558. The van der Waals surface area contributed by atoms with Crippen LogP contribution in [0.25, 0.3) is 10.8 Å². The fourth-order valence-electron chi connectivity index (χ4n) is 10.8. The molecule has 4 aliphatic rings. The van der Waals surface area contributed by atoms with E-state index in [4.69, 9.17) is 40.0 Å². The quantitative estimate of drug-likeness (QED) is 0.0248. The smallest absolute Gasteiger partial charge is 0.416 e. The summed E-state index contributed by atoms with van der Waals surface area (Å²) < 4.78 is 34.2. The number of carbonyl (C=O) groups is 7. The average molecular weight is 1180 g/mol. The van der Waals surface area contributed by atoms with Crippen LogP contribution in [0.5, 0.6) is 17.2 Å². The van der Waals surface area contributed by atoms with E-state index in [9.17, 15) is 38.7 Å². The summed E-state index contributed by atoms with van der Waals surface area (Å²) in [6, 6.07) is 17.3. The maximum atomic E-state index is 14.2. The van der Waals surface area contributed by atoms with E-state index < -0.39 is 54.2 Å². The normalized spacial score (nSPS) is 17.9. The second-order valence-corrected chi connectivity index (χ2v) is 22.6. The Morgan fingerprint density at radius 1 is 0.845 bits per heavy atom. The number of unbranched alkanes of at least 4 members (excludes halogenated alkanes) is 3. The SMILES string of the molecule is C=CCOC(=O)N[C@@H](CCCCNC(=O)OC(C)(C)C)C(=O)Nc1ccc(COC(=O)N2c3cc(OCCCCCC(=O)N4C[C@@H](CCl)c5c4cc(OC(=O)N4CCN(C)CC4)c4ccccc54)c(OC)cc3C(=O)N3CCC[C@H]3C2O)cc1. The van der Waals surface area contributed by atoms with Gasteiger partial charge in [-0.25, -0.2) is 24.1 Å². The number of amides is 7. The molecule has 452 valence electrons. The van der Waals surface area contributed by atoms with Gasteiger partial charge in [-0.3, -0.25) is 14.4 Å². The van der Waals surface area contributed by atoms with Gasteiger partial charge in [-0.05, 0) is 114 Å². The highest BCUT2D eigenvalue weighted by molar-refractivity contribution is 6.19. The van der Waals surface area contributed by atoms with Crippen LogP contribution in [0.4, 0.5) is 36.2 Å². The highest BCUT2D eigenvalue weighted by Crippen LogP contribution is 2.46. The lowest BCUT2D eigenvalue weighted by molar-refractivity contribution is -0.119. The molecular formula is C61H77ClN8O14. The molecule has 2 fully saturated rings. The van der Waals surface area contributed by atoms with Gasteiger partial charge in [0.2, 0.25) is 11.8 Å². The van der Waals surface area contributed by atoms with Crippen molar-refractivity contribution in [1.82, 2.24) is 25.3 Å². The molecule has 4 atom stereocenters. The van der Waals surface area contributed by atoms with Gasteiger partial charge in [-0.15, -0.1) is 11.6 Å². The van der Waals surface area contributed by atoms with Gasteiger partial charge in [0.1, 0.15) is 30.6 Å². The Morgan fingerprint density at radius 2 is 1.58 bits per heavy atom. The van der Waals surface area contributed by atoms with Crippen molar-refractivity contribution in [2.45, 2.75) is 115 Å². The number of hydrogen-bond donors (Lipinski definition) is 4. The number of aliphatic hydroxyl groups excluding tert-OH is 1. The third kappa shape index (κ3) is 15.5. The van der Waals surface area contributed by atoms with Crippen molar-refractivity contribution in [2.24, 2.45) is 0 Å². The van der Waals surface area contributed by atoms with Crippen LogP contribution in [0.3, 0.4) is 0 Å². The molecule has 0 bridgehead atoms. The van der Waals surface area contributed by atoms with Crippen LogP contribution in [0.15, 0.2) is 79.4 Å². The van der Waals surface area contributed by atoms with Crippen molar-refractivity contribution >= 4 is 81.5 Å². The maximum Gasteiger partial charge on any atom is 0.416 e. The summed E-state index contributed by atoms with van der Waals surface area (Å²) in [5, 5.41) is 21.6. The highest BCUT2D eigenvalue weighted by Gasteiger charge is 2.45. The molecule has 4 N–H and O–H groups in total. The summed E-state index contributed by atoms with van der Waals surface area (Å²) in [6.45, 7) is 12.4. The molecule has 8 rings (SSSR count). The summed E-state index contributed by atoms with van der Waals surface area (Å²) in [4.78, 5) is 102. The molecule has 7 amide bonds. The third-order valence-corrected chi connectivity index (χ3v) is 15.5.